The van der Waals surface area contributed by atoms with E-state index < -0.39 is 17.7 Å². The van der Waals surface area contributed by atoms with Crippen molar-refractivity contribution < 1.29 is 24.2 Å². The van der Waals surface area contributed by atoms with Gasteiger partial charge in [0.25, 0.3) is 11.7 Å². The molecule has 2 unspecified atom stereocenters. The predicted molar refractivity (Wildman–Crippen MR) is 121 cm³/mol. The summed E-state index contributed by atoms with van der Waals surface area (Å²) >= 11 is 0. The number of aryl methyl sites for hydroxylation is 1. The van der Waals surface area contributed by atoms with E-state index in [0.29, 0.717) is 31.1 Å². The smallest absolute Gasteiger partial charge is 0.295 e. The first kappa shape index (κ1) is 22.1. The molecule has 2 fully saturated rings. The molecule has 2 aliphatic rings. The van der Waals surface area contributed by atoms with E-state index >= 15 is 0 Å². The Morgan fingerprint density at radius 1 is 1.09 bits per heavy atom. The number of ketones is 1. The summed E-state index contributed by atoms with van der Waals surface area (Å²) in [4.78, 5) is 27.7. The van der Waals surface area contributed by atoms with E-state index in [4.69, 9.17) is 9.47 Å². The standard InChI is InChI=1S/C26H29NO5/c1-3-17-7-9-19(10-8-17)24(28)22-23(18-11-13-20(14-12-18)31-4-2)27(26(30)25(22)29)16-21-6-5-15-32-21/h7-14,21,23,28H,3-6,15-16H2,1-2H3/b24-22-. The highest BCUT2D eigenvalue weighted by atomic mass is 16.5. The number of hydrogen-bond donors (Lipinski definition) is 1. The molecule has 2 aromatic rings. The van der Waals surface area contributed by atoms with E-state index in [1.807, 2.05) is 43.3 Å². The molecule has 0 spiro atoms. The van der Waals surface area contributed by atoms with Gasteiger partial charge < -0.3 is 19.5 Å². The molecule has 1 N–H and O–H groups in total. The molecule has 6 heteroatoms. The fourth-order valence-electron chi connectivity index (χ4n) is 4.39. The van der Waals surface area contributed by atoms with Crippen LogP contribution in [0.1, 0.15) is 49.4 Å². The zero-order valence-electron chi connectivity index (χ0n) is 18.5. The number of nitrogens with zero attached hydrogens (tertiary/aromatic N) is 1. The van der Waals surface area contributed by atoms with Gasteiger partial charge in [-0.2, -0.15) is 0 Å². The average Bonchev–Trinajstić information content (AvgIpc) is 3.42. The minimum Gasteiger partial charge on any atom is -0.507 e. The van der Waals surface area contributed by atoms with Crippen LogP contribution in [0.2, 0.25) is 0 Å². The average molecular weight is 436 g/mol. The van der Waals surface area contributed by atoms with Crippen LogP contribution in [0, 0.1) is 0 Å². The van der Waals surface area contributed by atoms with Crippen molar-refractivity contribution in [1.82, 2.24) is 4.90 Å². The Morgan fingerprint density at radius 2 is 1.81 bits per heavy atom. The molecule has 1 amide bonds. The van der Waals surface area contributed by atoms with Crippen LogP contribution in [0.3, 0.4) is 0 Å². The molecule has 2 aromatic carbocycles. The number of aliphatic hydroxyl groups excluding tert-OH is 1. The molecule has 0 radical (unpaired) electrons. The molecule has 2 saturated heterocycles. The molecule has 0 bridgehead atoms. The fourth-order valence-corrected chi connectivity index (χ4v) is 4.39. The van der Waals surface area contributed by atoms with Gasteiger partial charge in [0.1, 0.15) is 11.5 Å². The van der Waals surface area contributed by atoms with Crippen LogP contribution in [-0.2, 0) is 20.7 Å². The Bertz CT molecular complexity index is 1000. The Labute approximate surface area is 188 Å². The molecular weight excluding hydrogens is 406 g/mol. The number of Topliss-reactive ketones (excluding diaryl/α,β-unsaturated/α-hetero) is 1. The van der Waals surface area contributed by atoms with Crippen molar-refractivity contribution in [3.05, 3.63) is 70.8 Å². The quantitative estimate of drug-likeness (QED) is 0.400. The van der Waals surface area contributed by atoms with E-state index in [2.05, 4.69) is 6.92 Å². The number of aliphatic hydroxyl groups is 1. The summed E-state index contributed by atoms with van der Waals surface area (Å²) in [6.45, 7) is 5.48. The first-order valence-corrected chi connectivity index (χ1v) is 11.3. The lowest BCUT2D eigenvalue weighted by molar-refractivity contribution is -0.140. The molecule has 168 valence electrons. The molecule has 2 atom stereocenters. The van der Waals surface area contributed by atoms with Crippen molar-refractivity contribution in [2.45, 2.75) is 45.3 Å². The second-order valence-corrected chi connectivity index (χ2v) is 8.14. The molecule has 0 saturated carbocycles. The van der Waals surface area contributed by atoms with Crippen molar-refractivity contribution in [2.24, 2.45) is 0 Å². The van der Waals surface area contributed by atoms with Crippen molar-refractivity contribution in [2.75, 3.05) is 19.8 Å². The van der Waals surface area contributed by atoms with E-state index in [1.54, 1.807) is 17.0 Å². The SMILES string of the molecule is CCOc1ccc(C2/C(=C(/O)c3ccc(CC)cc3)C(=O)C(=O)N2CC2CCCO2)cc1. The number of benzene rings is 2. The number of amides is 1. The molecule has 32 heavy (non-hydrogen) atoms. The summed E-state index contributed by atoms with van der Waals surface area (Å²) < 4.78 is 11.3. The summed E-state index contributed by atoms with van der Waals surface area (Å²) in [6.07, 6.45) is 2.55. The number of ether oxygens (including phenoxy) is 2. The van der Waals surface area contributed by atoms with E-state index in [-0.39, 0.29) is 17.4 Å². The van der Waals surface area contributed by atoms with E-state index in [0.717, 1.165) is 30.4 Å². The third-order valence-electron chi connectivity index (χ3n) is 6.11. The number of rotatable bonds is 7. The second-order valence-electron chi connectivity index (χ2n) is 8.14. The molecule has 4 rings (SSSR count). The lowest BCUT2D eigenvalue weighted by Gasteiger charge is -2.27. The Morgan fingerprint density at radius 3 is 2.41 bits per heavy atom. The Kier molecular flexibility index (Phi) is 6.61. The third-order valence-corrected chi connectivity index (χ3v) is 6.11. The lowest BCUT2D eigenvalue weighted by atomic mass is 9.94. The van der Waals surface area contributed by atoms with Crippen LogP contribution < -0.4 is 4.74 Å². The largest absolute Gasteiger partial charge is 0.507 e. The molecule has 2 heterocycles. The highest BCUT2D eigenvalue weighted by molar-refractivity contribution is 6.46. The van der Waals surface area contributed by atoms with Gasteiger partial charge in [0, 0.05) is 18.7 Å². The summed E-state index contributed by atoms with van der Waals surface area (Å²) in [7, 11) is 0. The summed E-state index contributed by atoms with van der Waals surface area (Å²) in [5, 5.41) is 11.1. The number of carbonyl (C=O) groups is 2. The fraction of sp³-hybridized carbons (Fsp3) is 0.385. The van der Waals surface area contributed by atoms with Crippen LogP contribution in [-0.4, -0.2) is 47.6 Å². The first-order valence-electron chi connectivity index (χ1n) is 11.3. The van der Waals surface area contributed by atoms with Gasteiger partial charge in [-0.05, 0) is 49.4 Å². The van der Waals surface area contributed by atoms with Gasteiger partial charge in [-0.1, -0.05) is 43.3 Å². The normalized spacial score (nSPS) is 22.5. The van der Waals surface area contributed by atoms with Crippen LogP contribution in [0.15, 0.2) is 54.1 Å². The maximum atomic E-state index is 13.1. The van der Waals surface area contributed by atoms with Gasteiger partial charge in [0.05, 0.1) is 24.3 Å². The Balaban J connectivity index is 1.77. The number of likely N-dealkylation sites (tertiary alicyclic amines) is 1. The molecule has 0 aromatic heterocycles. The maximum Gasteiger partial charge on any atom is 0.295 e. The molecule has 0 aliphatic carbocycles. The molecule has 2 aliphatic heterocycles. The van der Waals surface area contributed by atoms with Crippen molar-refractivity contribution >= 4 is 17.4 Å². The van der Waals surface area contributed by atoms with Gasteiger partial charge in [0.15, 0.2) is 0 Å². The van der Waals surface area contributed by atoms with Crippen molar-refractivity contribution in [1.29, 1.82) is 0 Å². The topological polar surface area (TPSA) is 76.1 Å². The van der Waals surface area contributed by atoms with Crippen LogP contribution in [0.25, 0.3) is 5.76 Å². The minimum absolute atomic E-state index is 0.109. The highest BCUT2D eigenvalue weighted by Crippen LogP contribution is 2.40. The monoisotopic (exact) mass is 435 g/mol. The van der Waals surface area contributed by atoms with Gasteiger partial charge in [0.2, 0.25) is 0 Å². The van der Waals surface area contributed by atoms with Crippen LogP contribution >= 0.6 is 0 Å². The zero-order chi connectivity index (χ0) is 22.7. The van der Waals surface area contributed by atoms with Gasteiger partial charge in [-0.15, -0.1) is 0 Å². The predicted octanol–water partition coefficient (Wildman–Crippen LogP) is 4.25. The lowest BCUT2D eigenvalue weighted by Crippen LogP contribution is -2.36. The van der Waals surface area contributed by atoms with Gasteiger partial charge >= 0.3 is 0 Å². The Hall–Kier alpha value is -3.12. The summed E-state index contributed by atoms with van der Waals surface area (Å²) in [6, 6.07) is 14.1. The van der Waals surface area contributed by atoms with Gasteiger partial charge in [-0.3, -0.25) is 9.59 Å². The minimum atomic E-state index is -0.680. The maximum absolute atomic E-state index is 13.1. The van der Waals surface area contributed by atoms with E-state index in [1.165, 1.54) is 0 Å². The highest BCUT2D eigenvalue weighted by Gasteiger charge is 2.47. The summed E-state index contributed by atoms with van der Waals surface area (Å²) in [5.41, 5.74) is 2.51. The van der Waals surface area contributed by atoms with E-state index in [9.17, 15) is 14.7 Å². The van der Waals surface area contributed by atoms with Crippen LogP contribution in [0.4, 0.5) is 0 Å². The zero-order valence-corrected chi connectivity index (χ0v) is 18.5. The van der Waals surface area contributed by atoms with Crippen LogP contribution in [0.5, 0.6) is 5.75 Å². The molecular formula is C26H29NO5. The first-order chi connectivity index (χ1) is 15.5. The van der Waals surface area contributed by atoms with Crippen molar-refractivity contribution in [3.8, 4) is 5.75 Å². The summed E-state index contributed by atoms with van der Waals surface area (Å²) in [5.74, 6) is -0.715. The molecule has 6 nitrogen and oxygen atoms in total. The number of hydrogen-bond acceptors (Lipinski definition) is 5. The second kappa shape index (κ2) is 9.57. The third kappa shape index (κ3) is 4.28. The van der Waals surface area contributed by atoms with Gasteiger partial charge in [-0.25, -0.2) is 0 Å². The van der Waals surface area contributed by atoms with Crippen molar-refractivity contribution in [3.63, 3.8) is 0 Å². The number of carbonyl (C=O) groups excluding carboxylic acids is 2.